The standard InChI is InChI=1S/C28H25FN2O6S/c1-4-6-12-36-18-9-7-8-16(13-18)22-21-23(32)19-14-17(29)10-11-20(19)37-24(21)26(33)31(22)28-30-15(3)25(38-28)27(34)35-5-2/h7-11,13-14,22H,4-6,12H2,1-3H3. The van der Waals surface area contributed by atoms with Crippen molar-refractivity contribution in [1.29, 1.82) is 0 Å². The van der Waals surface area contributed by atoms with E-state index in [-0.39, 0.29) is 38.9 Å². The highest BCUT2D eigenvalue weighted by atomic mass is 32.1. The first-order valence-electron chi connectivity index (χ1n) is 12.3. The average Bonchev–Trinajstić information content (AvgIpc) is 3.42. The lowest BCUT2D eigenvalue weighted by Crippen LogP contribution is -2.29. The van der Waals surface area contributed by atoms with E-state index < -0.39 is 29.2 Å². The van der Waals surface area contributed by atoms with Gasteiger partial charge in [-0.05, 0) is 56.2 Å². The molecule has 5 rings (SSSR count). The molecular formula is C28H25FN2O6S. The van der Waals surface area contributed by atoms with E-state index in [1.54, 1.807) is 38.1 Å². The molecule has 0 saturated heterocycles. The van der Waals surface area contributed by atoms with Crippen LogP contribution >= 0.6 is 11.3 Å². The van der Waals surface area contributed by atoms with Gasteiger partial charge in [-0.3, -0.25) is 14.5 Å². The number of anilines is 1. The van der Waals surface area contributed by atoms with Gasteiger partial charge in [0.05, 0.1) is 35.9 Å². The molecule has 0 aliphatic carbocycles. The van der Waals surface area contributed by atoms with Crippen molar-refractivity contribution in [2.75, 3.05) is 18.1 Å². The Labute approximate surface area is 221 Å². The van der Waals surface area contributed by atoms with Crippen LogP contribution in [0.5, 0.6) is 5.75 Å². The molecule has 10 heteroatoms. The Morgan fingerprint density at radius 3 is 2.76 bits per heavy atom. The summed E-state index contributed by atoms with van der Waals surface area (Å²) in [5, 5.41) is 0.236. The highest BCUT2D eigenvalue weighted by Crippen LogP contribution is 2.43. The maximum Gasteiger partial charge on any atom is 0.350 e. The fraction of sp³-hybridized carbons (Fsp3) is 0.286. The minimum Gasteiger partial charge on any atom is -0.494 e. The number of aryl methyl sites for hydroxylation is 1. The minimum atomic E-state index is -0.934. The van der Waals surface area contributed by atoms with E-state index in [0.717, 1.165) is 30.2 Å². The van der Waals surface area contributed by atoms with Crippen molar-refractivity contribution in [3.8, 4) is 5.75 Å². The van der Waals surface area contributed by atoms with Crippen LogP contribution < -0.4 is 15.1 Å². The molecule has 2 aromatic heterocycles. The van der Waals surface area contributed by atoms with E-state index in [1.165, 1.54) is 17.0 Å². The summed E-state index contributed by atoms with van der Waals surface area (Å²) in [6.07, 6.45) is 1.84. The second-order valence-electron chi connectivity index (χ2n) is 8.80. The molecular weight excluding hydrogens is 511 g/mol. The van der Waals surface area contributed by atoms with Crippen molar-refractivity contribution in [3.63, 3.8) is 0 Å². The number of ether oxygens (including phenoxy) is 2. The molecule has 1 atom stereocenters. The summed E-state index contributed by atoms with van der Waals surface area (Å²) in [5.41, 5.74) is 0.638. The van der Waals surface area contributed by atoms with E-state index >= 15 is 0 Å². The van der Waals surface area contributed by atoms with Crippen molar-refractivity contribution in [2.24, 2.45) is 0 Å². The monoisotopic (exact) mass is 536 g/mol. The molecule has 0 radical (unpaired) electrons. The molecule has 4 aromatic rings. The van der Waals surface area contributed by atoms with Crippen molar-refractivity contribution < 1.29 is 27.9 Å². The topological polar surface area (TPSA) is 98.9 Å². The lowest BCUT2D eigenvalue weighted by molar-refractivity contribution is 0.0531. The van der Waals surface area contributed by atoms with Gasteiger partial charge >= 0.3 is 5.97 Å². The first-order valence-corrected chi connectivity index (χ1v) is 13.1. The third kappa shape index (κ3) is 4.45. The number of hydrogen-bond donors (Lipinski definition) is 0. The summed E-state index contributed by atoms with van der Waals surface area (Å²) in [6, 6.07) is 9.76. The van der Waals surface area contributed by atoms with Gasteiger partial charge in [-0.2, -0.15) is 0 Å². The van der Waals surface area contributed by atoms with Crippen LogP contribution in [-0.4, -0.2) is 30.1 Å². The first kappa shape index (κ1) is 25.6. The van der Waals surface area contributed by atoms with Gasteiger partial charge in [0, 0.05) is 0 Å². The molecule has 8 nitrogen and oxygen atoms in total. The van der Waals surface area contributed by atoms with Crippen LogP contribution in [0.4, 0.5) is 9.52 Å². The normalized spacial score (nSPS) is 14.7. The van der Waals surface area contributed by atoms with Crippen LogP contribution in [0.1, 0.15) is 69.8 Å². The molecule has 0 saturated carbocycles. The molecule has 1 aliphatic heterocycles. The van der Waals surface area contributed by atoms with E-state index in [2.05, 4.69) is 11.9 Å². The van der Waals surface area contributed by atoms with Crippen molar-refractivity contribution in [3.05, 3.63) is 86.0 Å². The molecule has 38 heavy (non-hydrogen) atoms. The number of aromatic nitrogens is 1. The van der Waals surface area contributed by atoms with Crippen LogP contribution in [0.25, 0.3) is 11.0 Å². The third-order valence-corrected chi connectivity index (χ3v) is 7.36. The van der Waals surface area contributed by atoms with Crippen LogP contribution in [-0.2, 0) is 4.74 Å². The largest absolute Gasteiger partial charge is 0.494 e. The summed E-state index contributed by atoms with van der Waals surface area (Å²) in [5.74, 6) is -1.30. The van der Waals surface area contributed by atoms with Gasteiger partial charge in [0.2, 0.25) is 5.76 Å². The Morgan fingerprint density at radius 2 is 2.00 bits per heavy atom. The Morgan fingerprint density at radius 1 is 1.18 bits per heavy atom. The lowest BCUT2D eigenvalue weighted by Gasteiger charge is -2.23. The Kier molecular flexibility index (Phi) is 6.98. The number of rotatable bonds is 8. The van der Waals surface area contributed by atoms with E-state index in [1.807, 2.05) is 0 Å². The number of unbranched alkanes of at least 4 members (excludes halogenated alkanes) is 1. The number of thiazole rings is 1. The predicted molar refractivity (Wildman–Crippen MR) is 141 cm³/mol. The van der Waals surface area contributed by atoms with Gasteiger partial charge in [-0.15, -0.1) is 0 Å². The van der Waals surface area contributed by atoms with Gasteiger partial charge in [0.15, 0.2) is 10.6 Å². The first-order chi connectivity index (χ1) is 18.3. The molecule has 196 valence electrons. The van der Waals surface area contributed by atoms with Crippen LogP contribution in [0.15, 0.2) is 51.7 Å². The summed E-state index contributed by atoms with van der Waals surface area (Å²) >= 11 is 0.996. The van der Waals surface area contributed by atoms with Crippen molar-refractivity contribution in [2.45, 2.75) is 39.7 Å². The van der Waals surface area contributed by atoms with Crippen molar-refractivity contribution >= 4 is 39.3 Å². The lowest BCUT2D eigenvalue weighted by atomic mass is 9.98. The smallest absolute Gasteiger partial charge is 0.350 e. The summed E-state index contributed by atoms with van der Waals surface area (Å²) in [6.45, 7) is 6.12. The number of carbonyl (C=O) groups excluding carboxylic acids is 2. The van der Waals surface area contributed by atoms with Crippen LogP contribution in [0, 0.1) is 12.7 Å². The van der Waals surface area contributed by atoms with Gasteiger partial charge in [0.25, 0.3) is 5.91 Å². The zero-order valence-corrected chi connectivity index (χ0v) is 21.9. The highest BCUT2D eigenvalue weighted by Gasteiger charge is 2.45. The number of benzene rings is 2. The average molecular weight is 537 g/mol. The molecule has 0 N–H and O–H groups in total. The second kappa shape index (κ2) is 10.4. The van der Waals surface area contributed by atoms with Gasteiger partial charge < -0.3 is 13.9 Å². The Bertz CT molecular complexity index is 1610. The molecule has 0 spiro atoms. The number of hydrogen-bond acceptors (Lipinski definition) is 8. The molecule has 2 aromatic carbocycles. The zero-order valence-electron chi connectivity index (χ0n) is 21.1. The van der Waals surface area contributed by atoms with Crippen molar-refractivity contribution in [1.82, 2.24) is 4.98 Å². The fourth-order valence-electron chi connectivity index (χ4n) is 4.44. The van der Waals surface area contributed by atoms with Crippen LogP contribution in [0.3, 0.4) is 0 Å². The summed E-state index contributed by atoms with van der Waals surface area (Å²) in [7, 11) is 0. The summed E-state index contributed by atoms with van der Waals surface area (Å²) < 4.78 is 31.0. The van der Waals surface area contributed by atoms with Gasteiger partial charge in [-0.25, -0.2) is 14.2 Å². The quantitative estimate of drug-likeness (QED) is 0.207. The predicted octanol–water partition coefficient (Wildman–Crippen LogP) is 5.80. The SMILES string of the molecule is CCCCOc1cccc(C2c3c(oc4ccc(F)cc4c3=O)C(=O)N2c2nc(C)c(C(=O)OCC)s2)c1. The zero-order chi connectivity index (χ0) is 27.0. The highest BCUT2D eigenvalue weighted by molar-refractivity contribution is 7.17. The molecule has 0 fully saturated rings. The maximum absolute atomic E-state index is 14.1. The Balaban J connectivity index is 1.70. The van der Waals surface area contributed by atoms with E-state index in [4.69, 9.17) is 13.9 Å². The van der Waals surface area contributed by atoms with Gasteiger partial charge in [0.1, 0.15) is 22.0 Å². The minimum absolute atomic E-state index is 0.0290. The molecule has 3 heterocycles. The second-order valence-corrected chi connectivity index (χ2v) is 9.78. The number of esters is 1. The Hall–Kier alpha value is -4.05. The molecule has 0 bridgehead atoms. The molecule has 1 aliphatic rings. The fourth-order valence-corrected chi connectivity index (χ4v) is 5.43. The van der Waals surface area contributed by atoms with Gasteiger partial charge in [-0.1, -0.05) is 36.8 Å². The van der Waals surface area contributed by atoms with E-state index in [9.17, 15) is 18.8 Å². The molecule has 1 amide bonds. The summed E-state index contributed by atoms with van der Waals surface area (Å²) in [4.78, 5) is 46.1. The number of fused-ring (bicyclic) bond motifs is 2. The number of nitrogens with zero attached hydrogens (tertiary/aromatic N) is 2. The maximum atomic E-state index is 14.1. The van der Waals surface area contributed by atoms with E-state index in [0.29, 0.717) is 23.6 Å². The number of carbonyl (C=O) groups is 2. The number of halogens is 1. The molecule has 1 unspecified atom stereocenters. The third-order valence-electron chi connectivity index (χ3n) is 6.22. The van der Waals surface area contributed by atoms with Crippen LogP contribution in [0.2, 0.25) is 0 Å². The number of amides is 1.